The van der Waals surface area contributed by atoms with Crippen LogP contribution in [0.2, 0.25) is 0 Å². The highest BCUT2D eigenvalue weighted by Gasteiger charge is 2.13. The molecule has 100 valence electrons. The fourth-order valence-corrected chi connectivity index (χ4v) is 3.18. The van der Waals surface area contributed by atoms with Crippen LogP contribution in [0.25, 0.3) is 0 Å². The second-order valence-electron chi connectivity index (χ2n) is 5.10. The quantitative estimate of drug-likeness (QED) is 0.661. The maximum Gasteiger partial charge on any atom is 0.123 e. The Hall–Kier alpha value is -1.15. The van der Waals surface area contributed by atoms with Crippen LogP contribution < -0.4 is 0 Å². The van der Waals surface area contributed by atoms with Gasteiger partial charge in [0.1, 0.15) is 5.82 Å². The first-order valence-corrected chi connectivity index (χ1v) is 7.35. The molecule has 19 heavy (non-hydrogen) atoms. The molecule has 2 aromatic carbocycles. The molecular formula is C17H18BrF. The minimum Gasteiger partial charge on any atom is -0.207 e. The van der Waals surface area contributed by atoms with Gasteiger partial charge in [-0.15, -0.1) is 0 Å². The molecule has 0 nitrogen and oxygen atoms in total. The van der Waals surface area contributed by atoms with Gasteiger partial charge in [-0.1, -0.05) is 45.8 Å². The maximum absolute atomic E-state index is 13.1. The average molecular weight is 321 g/mol. The van der Waals surface area contributed by atoms with Gasteiger partial charge in [0, 0.05) is 4.83 Å². The normalized spacial score (nSPS) is 12.5. The van der Waals surface area contributed by atoms with E-state index in [1.165, 1.54) is 22.8 Å². The van der Waals surface area contributed by atoms with Crippen LogP contribution in [0.4, 0.5) is 4.39 Å². The SMILES string of the molecule is Cc1ccc(C)c(CC(Br)c2ccc(F)cc2C)c1. The molecule has 0 heterocycles. The zero-order chi connectivity index (χ0) is 14.0. The molecule has 0 aliphatic heterocycles. The third kappa shape index (κ3) is 3.44. The summed E-state index contributed by atoms with van der Waals surface area (Å²) in [5.74, 6) is -0.173. The third-order valence-electron chi connectivity index (χ3n) is 3.47. The van der Waals surface area contributed by atoms with Gasteiger partial charge >= 0.3 is 0 Å². The Balaban J connectivity index is 2.25. The van der Waals surface area contributed by atoms with Crippen molar-refractivity contribution in [1.82, 2.24) is 0 Å². The lowest BCUT2D eigenvalue weighted by Crippen LogP contribution is -2.00. The number of alkyl halides is 1. The van der Waals surface area contributed by atoms with E-state index >= 15 is 0 Å². The second kappa shape index (κ2) is 5.87. The van der Waals surface area contributed by atoms with Crippen molar-refractivity contribution in [3.63, 3.8) is 0 Å². The highest BCUT2D eigenvalue weighted by Crippen LogP contribution is 2.31. The van der Waals surface area contributed by atoms with E-state index < -0.39 is 0 Å². The molecule has 2 heteroatoms. The number of aryl methyl sites for hydroxylation is 3. The monoisotopic (exact) mass is 320 g/mol. The predicted octanol–water partition coefficient (Wildman–Crippen LogP) is 5.43. The fourth-order valence-electron chi connectivity index (χ4n) is 2.31. The van der Waals surface area contributed by atoms with Gasteiger partial charge in [-0.25, -0.2) is 4.39 Å². The van der Waals surface area contributed by atoms with Gasteiger partial charge in [0.15, 0.2) is 0 Å². The van der Waals surface area contributed by atoms with Crippen molar-refractivity contribution in [2.24, 2.45) is 0 Å². The van der Waals surface area contributed by atoms with Crippen LogP contribution in [-0.4, -0.2) is 0 Å². The molecule has 1 unspecified atom stereocenters. The average Bonchev–Trinajstić information content (AvgIpc) is 2.33. The van der Waals surface area contributed by atoms with Crippen molar-refractivity contribution in [3.05, 3.63) is 70.0 Å². The van der Waals surface area contributed by atoms with Crippen molar-refractivity contribution in [3.8, 4) is 0 Å². The van der Waals surface area contributed by atoms with Gasteiger partial charge in [-0.2, -0.15) is 0 Å². The highest BCUT2D eigenvalue weighted by atomic mass is 79.9. The van der Waals surface area contributed by atoms with Gasteiger partial charge in [0.2, 0.25) is 0 Å². The predicted molar refractivity (Wildman–Crippen MR) is 82.4 cm³/mol. The fraction of sp³-hybridized carbons (Fsp3) is 0.294. The van der Waals surface area contributed by atoms with E-state index in [9.17, 15) is 4.39 Å². The van der Waals surface area contributed by atoms with E-state index in [2.05, 4.69) is 48.0 Å². The molecule has 0 fully saturated rings. The second-order valence-corrected chi connectivity index (χ2v) is 6.21. The molecule has 0 saturated carbocycles. The minimum atomic E-state index is -0.173. The number of benzene rings is 2. The van der Waals surface area contributed by atoms with Crippen molar-refractivity contribution in [1.29, 1.82) is 0 Å². The molecule has 0 aliphatic carbocycles. The standard InChI is InChI=1S/C17H18BrF/c1-11-4-5-12(2)14(8-11)10-17(18)16-7-6-15(19)9-13(16)3/h4-9,17H,10H2,1-3H3. The first-order valence-electron chi connectivity index (χ1n) is 6.43. The van der Waals surface area contributed by atoms with E-state index in [0.717, 1.165) is 17.5 Å². The molecule has 0 aliphatic rings. The summed E-state index contributed by atoms with van der Waals surface area (Å²) in [6.45, 7) is 6.19. The molecule has 0 saturated heterocycles. The van der Waals surface area contributed by atoms with Gasteiger partial charge in [-0.05, 0) is 61.6 Å². The Bertz CT molecular complexity index is 590. The van der Waals surface area contributed by atoms with E-state index in [1.54, 1.807) is 6.07 Å². The summed E-state index contributed by atoms with van der Waals surface area (Å²) >= 11 is 3.73. The lowest BCUT2D eigenvalue weighted by Gasteiger charge is -2.15. The maximum atomic E-state index is 13.1. The first-order chi connectivity index (χ1) is 8.97. The molecule has 1 atom stereocenters. The molecule has 0 radical (unpaired) electrons. The van der Waals surface area contributed by atoms with Crippen LogP contribution in [0.3, 0.4) is 0 Å². The van der Waals surface area contributed by atoms with E-state index in [1.807, 2.05) is 13.0 Å². The number of halogens is 2. The Morgan fingerprint density at radius 1 is 1.00 bits per heavy atom. The summed E-state index contributed by atoms with van der Waals surface area (Å²) in [6.07, 6.45) is 0.917. The molecule has 2 aromatic rings. The molecule has 0 amide bonds. The topological polar surface area (TPSA) is 0 Å². The molecule has 0 spiro atoms. The van der Waals surface area contributed by atoms with Crippen molar-refractivity contribution in [2.75, 3.05) is 0 Å². The zero-order valence-corrected chi connectivity index (χ0v) is 13.1. The van der Waals surface area contributed by atoms with Crippen LogP contribution in [0.15, 0.2) is 36.4 Å². The molecule has 0 N–H and O–H groups in total. The van der Waals surface area contributed by atoms with E-state index in [4.69, 9.17) is 0 Å². The van der Waals surface area contributed by atoms with Gasteiger partial charge < -0.3 is 0 Å². The zero-order valence-electron chi connectivity index (χ0n) is 11.5. The summed E-state index contributed by atoms with van der Waals surface area (Å²) < 4.78 is 13.1. The summed E-state index contributed by atoms with van der Waals surface area (Å²) in [7, 11) is 0. The molecule has 2 rings (SSSR count). The Kier molecular flexibility index (Phi) is 4.41. The summed E-state index contributed by atoms with van der Waals surface area (Å²) in [6, 6.07) is 11.5. The highest BCUT2D eigenvalue weighted by molar-refractivity contribution is 9.09. The number of hydrogen-bond acceptors (Lipinski definition) is 0. The smallest absolute Gasteiger partial charge is 0.123 e. The lowest BCUT2D eigenvalue weighted by atomic mass is 9.96. The van der Waals surface area contributed by atoms with Gasteiger partial charge in [0.05, 0.1) is 0 Å². The first kappa shape index (κ1) is 14.3. The van der Waals surface area contributed by atoms with Gasteiger partial charge in [0.25, 0.3) is 0 Å². The molecular weight excluding hydrogens is 303 g/mol. The van der Waals surface area contributed by atoms with Crippen molar-refractivity contribution < 1.29 is 4.39 Å². The van der Waals surface area contributed by atoms with Crippen molar-refractivity contribution in [2.45, 2.75) is 32.0 Å². The number of rotatable bonds is 3. The Morgan fingerprint density at radius 3 is 2.42 bits per heavy atom. The van der Waals surface area contributed by atoms with E-state index in [0.29, 0.717) is 0 Å². The van der Waals surface area contributed by atoms with Crippen LogP contribution in [0.1, 0.15) is 32.6 Å². The summed E-state index contributed by atoms with van der Waals surface area (Å²) in [5.41, 5.74) is 6.06. The summed E-state index contributed by atoms with van der Waals surface area (Å²) in [5, 5.41) is 0. The minimum absolute atomic E-state index is 0.173. The lowest BCUT2D eigenvalue weighted by molar-refractivity contribution is 0.625. The number of hydrogen-bond donors (Lipinski definition) is 0. The summed E-state index contributed by atoms with van der Waals surface area (Å²) in [4.78, 5) is 0.216. The largest absolute Gasteiger partial charge is 0.207 e. The van der Waals surface area contributed by atoms with E-state index in [-0.39, 0.29) is 10.6 Å². The Labute approximate surface area is 122 Å². The van der Waals surface area contributed by atoms with Crippen LogP contribution in [0.5, 0.6) is 0 Å². The van der Waals surface area contributed by atoms with Crippen LogP contribution in [0, 0.1) is 26.6 Å². The molecule has 0 bridgehead atoms. The third-order valence-corrected chi connectivity index (χ3v) is 4.29. The van der Waals surface area contributed by atoms with Crippen LogP contribution >= 0.6 is 15.9 Å². The van der Waals surface area contributed by atoms with Crippen molar-refractivity contribution >= 4 is 15.9 Å². The Morgan fingerprint density at radius 2 is 1.74 bits per heavy atom. The van der Waals surface area contributed by atoms with Gasteiger partial charge in [-0.3, -0.25) is 0 Å². The molecule has 0 aromatic heterocycles. The van der Waals surface area contributed by atoms with Crippen LogP contribution in [-0.2, 0) is 6.42 Å².